The number of anilines is 1. The van der Waals surface area contributed by atoms with E-state index in [1.807, 2.05) is 0 Å². The Kier molecular flexibility index (Phi) is 4.03. The highest BCUT2D eigenvalue weighted by Crippen LogP contribution is 2.35. The van der Waals surface area contributed by atoms with E-state index in [0.29, 0.717) is 22.3 Å². The maximum atomic E-state index is 12.7. The molecule has 19 heavy (non-hydrogen) atoms. The lowest BCUT2D eigenvalue weighted by molar-refractivity contribution is 0.435. The minimum absolute atomic E-state index is 0.0996. The number of benzene rings is 1. The van der Waals surface area contributed by atoms with Crippen LogP contribution in [0.3, 0.4) is 0 Å². The first-order valence-electron chi connectivity index (χ1n) is 6.06. The van der Waals surface area contributed by atoms with Crippen LogP contribution >= 0.6 is 15.9 Å². The van der Waals surface area contributed by atoms with Gasteiger partial charge in [0.2, 0.25) is 10.0 Å². The van der Waals surface area contributed by atoms with Crippen molar-refractivity contribution in [2.45, 2.75) is 30.7 Å². The van der Waals surface area contributed by atoms with Gasteiger partial charge < -0.3 is 5.73 Å². The molecule has 6 heteroatoms. The highest BCUT2D eigenvalue weighted by atomic mass is 79.9. The Morgan fingerprint density at radius 1 is 1.53 bits per heavy atom. The molecule has 4 nitrogen and oxygen atoms in total. The van der Waals surface area contributed by atoms with E-state index in [1.165, 1.54) is 4.31 Å². The lowest BCUT2D eigenvalue weighted by atomic mass is 10.2. The molecule has 1 aromatic carbocycles. The Hall–Kier alpha value is -0.850. The van der Waals surface area contributed by atoms with Gasteiger partial charge in [-0.3, -0.25) is 0 Å². The van der Waals surface area contributed by atoms with Crippen LogP contribution in [0.4, 0.5) is 5.69 Å². The van der Waals surface area contributed by atoms with Crippen LogP contribution in [-0.4, -0.2) is 25.3 Å². The van der Waals surface area contributed by atoms with Crippen LogP contribution in [0, 0.1) is 6.92 Å². The fourth-order valence-electron chi connectivity index (χ4n) is 2.00. The molecule has 0 radical (unpaired) electrons. The van der Waals surface area contributed by atoms with Crippen LogP contribution < -0.4 is 5.73 Å². The summed E-state index contributed by atoms with van der Waals surface area (Å²) in [6.07, 6.45) is 3.44. The van der Waals surface area contributed by atoms with E-state index >= 15 is 0 Å². The second-order valence-corrected chi connectivity index (χ2v) is 7.49. The van der Waals surface area contributed by atoms with E-state index in [4.69, 9.17) is 5.73 Å². The summed E-state index contributed by atoms with van der Waals surface area (Å²) in [6.45, 7) is 5.70. The van der Waals surface area contributed by atoms with Gasteiger partial charge in [0, 0.05) is 22.7 Å². The topological polar surface area (TPSA) is 63.4 Å². The van der Waals surface area contributed by atoms with Gasteiger partial charge in [-0.05, 0) is 37.5 Å². The number of hydrogen-bond acceptors (Lipinski definition) is 3. The molecule has 0 aromatic heterocycles. The third kappa shape index (κ3) is 2.85. The number of nitrogen functional groups attached to an aromatic ring is 1. The summed E-state index contributed by atoms with van der Waals surface area (Å²) in [5.41, 5.74) is 6.92. The molecule has 1 saturated carbocycles. The van der Waals surface area contributed by atoms with Crippen molar-refractivity contribution in [3.8, 4) is 0 Å². The molecule has 0 bridgehead atoms. The molecular formula is C13H17BrN2O2S. The second-order valence-electron chi connectivity index (χ2n) is 4.71. The minimum atomic E-state index is -3.52. The number of sulfonamides is 1. The molecule has 0 aliphatic heterocycles. The fraction of sp³-hybridized carbons (Fsp3) is 0.385. The van der Waals surface area contributed by atoms with Crippen LogP contribution in [0.25, 0.3) is 0 Å². The first-order chi connectivity index (χ1) is 8.87. The molecule has 0 saturated heterocycles. The molecule has 1 aromatic rings. The molecule has 104 valence electrons. The zero-order valence-electron chi connectivity index (χ0n) is 10.8. The zero-order chi connectivity index (χ0) is 14.2. The Bertz CT molecular complexity index is 609. The van der Waals surface area contributed by atoms with Crippen LogP contribution in [-0.2, 0) is 10.0 Å². The van der Waals surface area contributed by atoms with Crippen molar-refractivity contribution in [3.63, 3.8) is 0 Å². The average molecular weight is 345 g/mol. The first-order valence-corrected chi connectivity index (χ1v) is 8.29. The van der Waals surface area contributed by atoms with Crippen molar-refractivity contribution in [1.29, 1.82) is 0 Å². The summed E-state index contributed by atoms with van der Waals surface area (Å²) in [4.78, 5) is 0.271. The van der Waals surface area contributed by atoms with Crippen LogP contribution in [0.1, 0.15) is 18.4 Å². The molecule has 0 spiro atoms. The quantitative estimate of drug-likeness (QED) is 0.659. The molecule has 1 aliphatic carbocycles. The summed E-state index contributed by atoms with van der Waals surface area (Å²) in [7, 11) is -3.52. The van der Waals surface area contributed by atoms with E-state index in [0.717, 1.165) is 12.8 Å². The van der Waals surface area contributed by atoms with Crippen LogP contribution in [0.2, 0.25) is 0 Å². The number of hydrogen-bond donors (Lipinski definition) is 1. The van der Waals surface area contributed by atoms with Crippen molar-refractivity contribution >= 4 is 31.6 Å². The molecule has 0 unspecified atom stereocenters. The number of nitrogens with two attached hydrogens (primary N) is 1. The number of halogens is 1. The normalized spacial score (nSPS) is 15.7. The largest absolute Gasteiger partial charge is 0.398 e. The lowest BCUT2D eigenvalue weighted by Gasteiger charge is -2.22. The fourth-order valence-corrected chi connectivity index (χ4v) is 4.57. The SMILES string of the molecule is C=CCN(C1CC1)S(=O)(=O)c1cc(Br)cc(N)c1C. The van der Waals surface area contributed by atoms with Gasteiger partial charge in [-0.1, -0.05) is 22.0 Å². The van der Waals surface area contributed by atoms with E-state index < -0.39 is 10.0 Å². The molecule has 2 rings (SSSR count). The predicted molar refractivity (Wildman–Crippen MR) is 80.4 cm³/mol. The van der Waals surface area contributed by atoms with E-state index in [1.54, 1.807) is 25.1 Å². The molecule has 1 fully saturated rings. The maximum absolute atomic E-state index is 12.7. The Morgan fingerprint density at radius 3 is 2.68 bits per heavy atom. The molecule has 1 aliphatic rings. The summed E-state index contributed by atoms with van der Waals surface area (Å²) in [5.74, 6) is 0. The third-order valence-electron chi connectivity index (χ3n) is 3.21. The van der Waals surface area contributed by atoms with Crippen molar-refractivity contribution in [1.82, 2.24) is 4.31 Å². The highest BCUT2D eigenvalue weighted by molar-refractivity contribution is 9.10. The number of rotatable bonds is 5. The summed E-state index contributed by atoms with van der Waals surface area (Å²) in [6, 6.07) is 3.42. The molecule has 0 atom stereocenters. The van der Waals surface area contributed by atoms with Gasteiger partial charge >= 0.3 is 0 Å². The smallest absolute Gasteiger partial charge is 0.243 e. The third-order valence-corrected chi connectivity index (χ3v) is 5.72. The van der Waals surface area contributed by atoms with Gasteiger partial charge in [0.25, 0.3) is 0 Å². The summed E-state index contributed by atoms with van der Waals surface area (Å²) < 4.78 is 27.6. The van der Waals surface area contributed by atoms with Crippen molar-refractivity contribution in [3.05, 3.63) is 34.8 Å². The van der Waals surface area contributed by atoms with Gasteiger partial charge in [-0.25, -0.2) is 8.42 Å². The van der Waals surface area contributed by atoms with Gasteiger partial charge in [0.05, 0.1) is 4.90 Å². The first kappa shape index (κ1) is 14.6. The number of nitrogens with zero attached hydrogens (tertiary/aromatic N) is 1. The van der Waals surface area contributed by atoms with Gasteiger partial charge in [-0.2, -0.15) is 4.31 Å². The maximum Gasteiger partial charge on any atom is 0.243 e. The van der Waals surface area contributed by atoms with E-state index in [2.05, 4.69) is 22.5 Å². The standard InChI is InChI=1S/C13H17BrN2O2S/c1-3-6-16(11-4-5-11)19(17,18)13-8-10(14)7-12(15)9(13)2/h3,7-8,11H,1,4-6,15H2,2H3. The average Bonchev–Trinajstić information content (AvgIpc) is 3.14. The molecule has 0 heterocycles. The molecule has 2 N–H and O–H groups in total. The summed E-state index contributed by atoms with van der Waals surface area (Å²) >= 11 is 3.30. The van der Waals surface area contributed by atoms with Crippen LogP contribution in [0.5, 0.6) is 0 Å². The second kappa shape index (κ2) is 5.26. The highest BCUT2D eigenvalue weighted by Gasteiger charge is 2.38. The zero-order valence-corrected chi connectivity index (χ0v) is 13.2. The monoisotopic (exact) mass is 344 g/mol. The van der Waals surface area contributed by atoms with Gasteiger partial charge in [-0.15, -0.1) is 6.58 Å². The molecular weight excluding hydrogens is 328 g/mol. The molecule has 0 amide bonds. The van der Waals surface area contributed by atoms with Crippen molar-refractivity contribution in [2.24, 2.45) is 0 Å². The van der Waals surface area contributed by atoms with E-state index in [9.17, 15) is 8.42 Å². The van der Waals surface area contributed by atoms with Gasteiger partial charge in [0.15, 0.2) is 0 Å². The van der Waals surface area contributed by atoms with Crippen molar-refractivity contribution < 1.29 is 8.42 Å². The predicted octanol–water partition coefficient (Wildman–Crippen LogP) is 2.68. The van der Waals surface area contributed by atoms with Gasteiger partial charge in [0.1, 0.15) is 0 Å². The van der Waals surface area contributed by atoms with Crippen molar-refractivity contribution in [2.75, 3.05) is 12.3 Å². The minimum Gasteiger partial charge on any atom is -0.398 e. The Labute approximate surface area is 122 Å². The van der Waals surface area contributed by atoms with Crippen LogP contribution in [0.15, 0.2) is 34.2 Å². The summed E-state index contributed by atoms with van der Waals surface area (Å²) in [5, 5.41) is 0. The van der Waals surface area contributed by atoms with E-state index in [-0.39, 0.29) is 10.9 Å². The lowest BCUT2D eigenvalue weighted by Crippen LogP contribution is -2.33. The Balaban J connectivity index is 2.51. The Morgan fingerprint density at radius 2 is 2.16 bits per heavy atom.